The molecule has 0 amide bonds. The van der Waals surface area contributed by atoms with E-state index in [0.717, 1.165) is 33.8 Å². The number of rotatable bonds is 4. The van der Waals surface area contributed by atoms with Crippen LogP contribution in [0, 0.1) is 5.92 Å². The zero-order valence-electron chi connectivity index (χ0n) is 15.5. The third-order valence-corrected chi connectivity index (χ3v) is 8.12. The summed E-state index contributed by atoms with van der Waals surface area (Å²) < 4.78 is 21.5. The minimum Gasteiger partial charge on any atom is -0.368 e. The minimum atomic E-state index is -2.40. The standard InChI is InChI=1S/C20H23N3O3S2/c24-20-23(13-14-4-5-14)18-7-6-17(21-19(18)27-20)15-2-1-3-16(12-15)22-8-10-28(25,26)11-9-22/h1-3,6-7,12,14,25-26H,4-5,8-11,13H2. The van der Waals surface area contributed by atoms with Crippen LogP contribution in [-0.2, 0) is 6.54 Å². The quantitative estimate of drug-likeness (QED) is 0.668. The molecule has 0 bridgehead atoms. The first kappa shape index (κ1) is 18.2. The van der Waals surface area contributed by atoms with Gasteiger partial charge in [-0.25, -0.2) is 4.98 Å². The Morgan fingerprint density at radius 1 is 1.14 bits per heavy atom. The number of hydrogen-bond donors (Lipinski definition) is 2. The molecule has 1 aliphatic heterocycles. The van der Waals surface area contributed by atoms with Crippen LogP contribution in [0.3, 0.4) is 0 Å². The minimum absolute atomic E-state index is 0.0765. The zero-order chi connectivity index (χ0) is 19.3. The summed E-state index contributed by atoms with van der Waals surface area (Å²) in [4.78, 5) is 20.2. The molecule has 6 nitrogen and oxygen atoms in total. The van der Waals surface area contributed by atoms with Crippen LogP contribution in [0.1, 0.15) is 12.8 Å². The van der Waals surface area contributed by atoms with Crippen LogP contribution in [0.15, 0.2) is 41.2 Å². The molecule has 148 valence electrons. The number of nitrogens with zero attached hydrogens (tertiary/aromatic N) is 3. The summed E-state index contributed by atoms with van der Waals surface area (Å²) >= 11 is 1.22. The third-order valence-electron chi connectivity index (χ3n) is 5.56. The molecule has 0 spiro atoms. The summed E-state index contributed by atoms with van der Waals surface area (Å²) in [6.45, 7) is 2.09. The fourth-order valence-corrected chi connectivity index (χ4v) is 5.79. The molecule has 5 rings (SSSR count). The van der Waals surface area contributed by atoms with Gasteiger partial charge < -0.3 is 4.90 Å². The second-order valence-electron chi connectivity index (χ2n) is 7.69. The fraction of sp³-hybridized carbons (Fsp3) is 0.400. The summed E-state index contributed by atoms with van der Waals surface area (Å²) in [6.07, 6.45) is 2.43. The van der Waals surface area contributed by atoms with Gasteiger partial charge in [-0.1, -0.05) is 23.5 Å². The van der Waals surface area contributed by atoms with Crippen molar-refractivity contribution in [3.05, 3.63) is 46.1 Å². The summed E-state index contributed by atoms with van der Waals surface area (Å²) in [5.74, 6) is 1.49. The maximum Gasteiger partial charge on any atom is 0.309 e. The van der Waals surface area contributed by atoms with Crippen molar-refractivity contribution in [3.8, 4) is 11.3 Å². The highest BCUT2D eigenvalue weighted by atomic mass is 32.3. The number of pyridine rings is 1. The Kier molecular flexibility index (Phi) is 4.46. The molecule has 0 unspecified atom stereocenters. The van der Waals surface area contributed by atoms with E-state index in [1.807, 2.05) is 34.9 Å². The molecule has 1 saturated heterocycles. The van der Waals surface area contributed by atoms with Crippen molar-refractivity contribution in [2.24, 2.45) is 5.92 Å². The van der Waals surface area contributed by atoms with Gasteiger partial charge in [0.05, 0.1) is 22.7 Å². The Hall–Kier alpha value is -1.87. The molecule has 0 atom stereocenters. The smallest absolute Gasteiger partial charge is 0.309 e. The highest BCUT2D eigenvalue weighted by molar-refractivity contribution is 8.24. The van der Waals surface area contributed by atoms with Crippen LogP contribution in [0.4, 0.5) is 5.69 Å². The van der Waals surface area contributed by atoms with Crippen molar-refractivity contribution in [1.29, 1.82) is 0 Å². The number of hydrogen-bond acceptors (Lipinski definition) is 6. The lowest BCUT2D eigenvalue weighted by Gasteiger charge is -2.42. The van der Waals surface area contributed by atoms with Crippen molar-refractivity contribution in [3.63, 3.8) is 0 Å². The molecular formula is C20H23N3O3S2. The van der Waals surface area contributed by atoms with Crippen molar-refractivity contribution >= 4 is 38.0 Å². The van der Waals surface area contributed by atoms with E-state index in [4.69, 9.17) is 4.98 Å². The Bertz CT molecular complexity index is 1080. The summed E-state index contributed by atoms with van der Waals surface area (Å²) in [7, 11) is -2.40. The monoisotopic (exact) mass is 417 g/mol. The highest BCUT2D eigenvalue weighted by Gasteiger charge is 2.24. The molecule has 2 fully saturated rings. The van der Waals surface area contributed by atoms with Crippen LogP contribution in [0.2, 0.25) is 0 Å². The highest BCUT2D eigenvalue weighted by Crippen LogP contribution is 2.41. The lowest BCUT2D eigenvalue weighted by atomic mass is 10.1. The summed E-state index contributed by atoms with van der Waals surface area (Å²) in [5.41, 5.74) is 3.86. The molecule has 28 heavy (non-hydrogen) atoms. The maximum absolute atomic E-state index is 12.4. The van der Waals surface area contributed by atoms with E-state index in [1.54, 1.807) is 0 Å². The maximum atomic E-state index is 12.4. The number of benzene rings is 1. The van der Waals surface area contributed by atoms with Gasteiger partial charge in [0.25, 0.3) is 0 Å². The van der Waals surface area contributed by atoms with Crippen molar-refractivity contribution in [1.82, 2.24) is 9.55 Å². The zero-order valence-corrected chi connectivity index (χ0v) is 17.1. The van der Waals surface area contributed by atoms with Crippen LogP contribution < -0.4 is 9.77 Å². The Labute approximate surface area is 168 Å². The van der Waals surface area contributed by atoms with Gasteiger partial charge in [-0.2, -0.15) is 10.6 Å². The second-order valence-corrected chi connectivity index (χ2v) is 11.1. The molecule has 0 radical (unpaired) electrons. The van der Waals surface area contributed by atoms with E-state index in [0.29, 0.717) is 30.5 Å². The normalized spacial score (nSPS) is 20.4. The van der Waals surface area contributed by atoms with Crippen molar-refractivity contribution in [2.45, 2.75) is 19.4 Å². The first-order valence-corrected chi connectivity index (χ1v) is 12.3. The van der Waals surface area contributed by atoms with Gasteiger partial charge in [0.15, 0.2) is 0 Å². The van der Waals surface area contributed by atoms with Crippen LogP contribution in [0.25, 0.3) is 21.6 Å². The number of fused-ring (bicyclic) bond motifs is 1. The van der Waals surface area contributed by atoms with Gasteiger partial charge in [-0.3, -0.25) is 18.5 Å². The molecule has 2 aromatic heterocycles. The van der Waals surface area contributed by atoms with Crippen LogP contribution in [-0.4, -0.2) is 43.3 Å². The summed E-state index contributed by atoms with van der Waals surface area (Å²) in [5, 5.41) is 0. The van der Waals surface area contributed by atoms with Gasteiger partial charge in [-0.15, -0.1) is 0 Å². The first-order chi connectivity index (χ1) is 13.5. The van der Waals surface area contributed by atoms with E-state index in [1.165, 1.54) is 24.2 Å². The fourth-order valence-electron chi connectivity index (χ4n) is 3.69. The lowest BCUT2D eigenvalue weighted by Crippen LogP contribution is -2.38. The Balaban J connectivity index is 1.44. The largest absolute Gasteiger partial charge is 0.368 e. The number of thiazole rings is 1. The molecule has 3 aromatic rings. The van der Waals surface area contributed by atoms with E-state index in [2.05, 4.69) is 11.0 Å². The van der Waals surface area contributed by atoms with E-state index in [9.17, 15) is 13.9 Å². The Morgan fingerprint density at radius 2 is 1.93 bits per heavy atom. The predicted molar refractivity (Wildman–Crippen MR) is 117 cm³/mol. The van der Waals surface area contributed by atoms with E-state index in [-0.39, 0.29) is 4.87 Å². The average molecular weight is 418 g/mol. The first-order valence-electron chi connectivity index (χ1n) is 9.58. The molecular weight excluding hydrogens is 394 g/mol. The van der Waals surface area contributed by atoms with Gasteiger partial charge in [0.2, 0.25) is 0 Å². The SMILES string of the molecule is O=c1sc2nc(-c3cccc(N4CCS(O)(O)CC4)c3)ccc2n1CC1CC1. The third kappa shape index (κ3) is 3.57. The molecule has 1 aliphatic carbocycles. The number of anilines is 1. The Morgan fingerprint density at radius 3 is 2.68 bits per heavy atom. The average Bonchev–Trinajstić information content (AvgIpc) is 3.45. The van der Waals surface area contributed by atoms with Gasteiger partial charge in [0, 0.05) is 30.9 Å². The van der Waals surface area contributed by atoms with E-state index >= 15 is 0 Å². The van der Waals surface area contributed by atoms with E-state index < -0.39 is 10.6 Å². The molecule has 2 aliphatic rings. The van der Waals surface area contributed by atoms with Crippen LogP contribution >= 0.6 is 21.9 Å². The molecule has 3 heterocycles. The van der Waals surface area contributed by atoms with Gasteiger partial charge in [-0.05, 0) is 43.0 Å². The second kappa shape index (κ2) is 6.88. The molecule has 1 aromatic carbocycles. The number of aromatic nitrogens is 2. The van der Waals surface area contributed by atoms with Gasteiger partial charge >= 0.3 is 4.87 Å². The predicted octanol–water partition coefficient (Wildman–Crippen LogP) is 4.11. The molecule has 8 heteroatoms. The lowest BCUT2D eigenvalue weighted by molar-refractivity contribution is 0.479. The van der Waals surface area contributed by atoms with Crippen molar-refractivity contribution in [2.75, 3.05) is 29.5 Å². The topological polar surface area (TPSA) is 78.6 Å². The van der Waals surface area contributed by atoms with Gasteiger partial charge in [0.1, 0.15) is 4.83 Å². The summed E-state index contributed by atoms with van der Waals surface area (Å²) in [6, 6.07) is 12.2. The van der Waals surface area contributed by atoms with Crippen LogP contribution in [0.5, 0.6) is 0 Å². The molecule has 2 N–H and O–H groups in total. The van der Waals surface area contributed by atoms with Crippen molar-refractivity contribution < 1.29 is 9.11 Å². The molecule has 1 saturated carbocycles.